The van der Waals surface area contributed by atoms with Gasteiger partial charge in [0.2, 0.25) is 17.7 Å². The topological polar surface area (TPSA) is 202 Å². The van der Waals surface area contributed by atoms with E-state index in [1.807, 2.05) is 27.6 Å². The first kappa shape index (κ1) is 37.5. The van der Waals surface area contributed by atoms with Gasteiger partial charge < -0.3 is 16.0 Å². The summed E-state index contributed by atoms with van der Waals surface area (Å²) in [7, 11) is 0. The third-order valence-corrected chi connectivity index (χ3v) is 11.7. The second-order valence-corrected chi connectivity index (χ2v) is 15.3. The molecular weight excluding hydrogens is 747 g/mol. The fourth-order valence-electron chi connectivity index (χ4n) is 7.75. The number of aromatic nitrogens is 4. The van der Waals surface area contributed by atoms with E-state index >= 15 is 0 Å². The number of anilines is 2. The molecule has 3 aliphatic heterocycles. The zero-order valence-electron chi connectivity index (χ0n) is 30.8. The molecule has 6 heterocycles. The quantitative estimate of drug-likeness (QED) is 0.0869. The third kappa shape index (κ3) is 7.35. The Bertz CT molecular complexity index is 2420. The standard InChI is InChI=1S/C41H39N9O6S/c42-36-35-34(24-13-15-25(16-14-24)38(53)45-30-11-3-4-19-43-30)47-37(49(35)22-20-44-36)27-9-7-21-48(27)32(52)12-2-1-5-23-57-29-10-6-8-26-33(29)41(56)50(40(26)55)28-17-18-31(51)46-39(28)54/h3-4,6,8,10-11,13-16,19-20,22,27-28H,1-2,5,7,9,12,17-18,21,23H2,(H2,42,44)(H,43,45,53)(H,46,51,54)/t27-,28?/m0/s1. The van der Waals surface area contributed by atoms with E-state index in [2.05, 4.69) is 20.6 Å². The molecule has 3 aliphatic rings. The smallest absolute Gasteiger partial charge is 0.263 e. The number of piperidine rings is 1. The summed E-state index contributed by atoms with van der Waals surface area (Å²) in [6, 6.07) is 16.2. The van der Waals surface area contributed by atoms with Gasteiger partial charge in [-0.1, -0.05) is 30.7 Å². The highest BCUT2D eigenvalue weighted by Gasteiger charge is 2.45. The minimum absolute atomic E-state index is 0.0484. The molecule has 2 fully saturated rings. The summed E-state index contributed by atoms with van der Waals surface area (Å²) >= 11 is 1.47. The van der Waals surface area contributed by atoms with Crippen LogP contribution in [0.1, 0.15) is 94.3 Å². The van der Waals surface area contributed by atoms with Crippen LogP contribution < -0.4 is 16.4 Å². The van der Waals surface area contributed by atoms with Crippen LogP contribution in [0.25, 0.3) is 16.8 Å². The van der Waals surface area contributed by atoms with E-state index < -0.39 is 29.7 Å². The number of amides is 6. The maximum atomic E-state index is 13.7. The number of nitrogen functional groups attached to an aromatic ring is 1. The summed E-state index contributed by atoms with van der Waals surface area (Å²) in [5.74, 6) is -0.202. The molecule has 0 radical (unpaired) electrons. The molecule has 15 nitrogen and oxygen atoms in total. The summed E-state index contributed by atoms with van der Waals surface area (Å²) < 4.78 is 1.91. The summed E-state index contributed by atoms with van der Waals surface area (Å²) in [4.78, 5) is 94.3. The lowest BCUT2D eigenvalue weighted by molar-refractivity contribution is -0.136. The predicted octanol–water partition coefficient (Wildman–Crippen LogP) is 5.04. The van der Waals surface area contributed by atoms with Crippen LogP contribution in [0.2, 0.25) is 0 Å². The molecule has 290 valence electrons. The van der Waals surface area contributed by atoms with Crippen molar-refractivity contribution in [3.63, 3.8) is 0 Å². The first-order valence-electron chi connectivity index (χ1n) is 18.9. The number of thioether (sulfide) groups is 1. The predicted molar refractivity (Wildman–Crippen MR) is 211 cm³/mol. The van der Waals surface area contributed by atoms with E-state index in [0.29, 0.717) is 69.8 Å². The lowest BCUT2D eigenvalue weighted by atomic mass is 10.0. The van der Waals surface area contributed by atoms with E-state index in [-0.39, 0.29) is 36.3 Å². The number of hydrogen-bond acceptors (Lipinski definition) is 11. The van der Waals surface area contributed by atoms with Crippen molar-refractivity contribution in [2.45, 2.75) is 68.3 Å². The largest absolute Gasteiger partial charge is 0.382 e. The number of hydrogen-bond donors (Lipinski definition) is 3. The Hall–Kier alpha value is -6.42. The molecule has 57 heavy (non-hydrogen) atoms. The number of pyridine rings is 1. The molecule has 1 unspecified atom stereocenters. The van der Waals surface area contributed by atoms with E-state index in [1.165, 1.54) is 11.8 Å². The Morgan fingerprint density at radius 2 is 1.74 bits per heavy atom. The first-order valence-corrected chi connectivity index (χ1v) is 19.9. The Balaban J connectivity index is 0.882. The highest BCUT2D eigenvalue weighted by molar-refractivity contribution is 7.99. The minimum Gasteiger partial charge on any atom is -0.382 e. The molecule has 2 atom stereocenters. The summed E-state index contributed by atoms with van der Waals surface area (Å²) in [5.41, 5.74) is 9.42. The van der Waals surface area contributed by atoms with E-state index in [9.17, 15) is 28.8 Å². The van der Waals surface area contributed by atoms with Gasteiger partial charge in [-0.2, -0.15) is 0 Å². The number of benzene rings is 2. The van der Waals surface area contributed by atoms with Gasteiger partial charge in [0.1, 0.15) is 34.7 Å². The van der Waals surface area contributed by atoms with Gasteiger partial charge in [0.05, 0.1) is 17.2 Å². The zero-order chi connectivity index (χ0) is 39.6. The van der Waals surface area contributed by atoms with E-state index in [0.717, 1.165) is 36.1 Å². The fraction of sp³-hybridized carbons (Fsp3) is 0.293. The van der Waals surface area contributed by atoms with Gasteiger partial charge in [-0.05, 0) is 74.3 Å². The molecule has 0 spiro atoms. The fourth-order valence-corrected chi connectivity index (χ4v) is 8.83. The maximum Gasteiger partial charge on any atom is 0.263 e. The molecule has 4 N–H and O–H groups in total. The monoisotopic (exact) mass is 785 g/mol. The molecule has 6 amide bonds. The number of likely N-dealkylation sites (tertiary alicyclic amines) is 1. The maximum absolute atomic E-state index is 13.7. The minimum atomic E-state index is -1.01. The Morgan fingerprint density at radius 1 is 0.895 bits per heavy atom. The molecule has 2 saturated heterocycles. The van der Waals surface area contributed by atoms with Crippen LogP contribution in [0.5, 0.6) is 0 Å². The summed E-state index contributed by atoms with van der Waals surface area (Å²) in [6.45, 7) is 0.617. The molecule has 2 aromatic carbocycles. The number of nitrogens with zero attached hydrogens (tertiary/aromatic N) is 6. The van der Waals surface area contributed by atoms with Gasteiger partial charge in [-0.3, -0.25) is 43.4 Å². The van der Waals surface area contributed by atoms with Crippen LogP contribution in [0.15, 0.2) is 84.1 Å². The molecule has 3 aromatic heterocycles. The third-order valence-electron chi connectivity index (χ3n) is 10.5. The number of imidazole rings is 1. The van der Waals surface area contributed by atoms with Crippen molar-refractivity contribution >= 4 is 64.4 Å². The van der Waals surface area contributed by atoms with Crippen molar-refractivity contribution in [2.24, 2.45) is 0 Å². The summed E-state index contributed by atoms with van der Waals surface area (Å²) in [5, 5.41) is 5.01. The van der Waals surface area contributed by atoms with Gasteiger partial charge in [-0.15, -0.1) is 11.8 Å². The van der Waals surface area contributed by atoms with Gasteiger partial charge >= 0.3 is 0 Å². The second kappa shape index (κ2) is 16.0. The SMILES string of the molecule is Nc1nccn2c([C@@H]3CCCN3C(=O)CCCCCSc3cccc4c3C(=O)N(C3CCC(=O)NC3=O)C4=O)nc(-c3ccc(C(=O)Nc4ccccn4)cc3)c12. The van der Waals surface area contributed by atoms with Crippen LogP contribution in [0, 0.1) is 0 Å². The Morgan fingerprint density at radius 3 is 2.53 bits per heavy atom. The number of fused-ring (bicyclic) bond motifs is 2. The highest BCUT2D eigenvalue weighted by Crippen LogP contribution is 2.38. The van der Waals surface area contributed by atoms with Crippen molar-refractivity contribution < 1.29 is 28.8 Å². The molecule has 0 saturated carbocycles. The number of nitrogens with two attached hydrogens (primary N) is 1. The van der Waals surface area contributed by atoms with Crippen LogP contribution in [0.3, 0.4) is 0 Å². The highest BCUT2D eigenvalue weighted by atomic mass is 32.2. The Labute approximate surface area is 331 Å². The number of rotatable bonds is 12. The van der Waals surface area contributed by atoms with Gasteiger partial charge in [0.15, 0.2) is 0 Å². The molecule has 5 aromatic rings. The van der Waals surface area contributed by atoms with Crippen LogP contribution in [-0.4, -0.2) is 82.9 Å². The second-order valence-electron chi connectivity index (χ2n) is 14.1. The average molecular weight is 786 g/mol. The van der Waals surface area contributed by atoms with Gasteiger partial charge in [0.25, 0.3) is 17.7 Å². The van der Waals surface area contributed by atoms with Crippen LogP contribution in [-0.2, 0) is 14.4 Å². The molecule has 16 heteroatoms. The van der Waals surface area contributed by atoms with Crippen LogP contribution >= 0.6 is 11.8 Å². The summed E-state index contributed by atoms with van der Waals surface area (Å²) in [6.07, 6.45) is 9.41. The lowest BCUT2D eigenvalue weighted by Gasteiger charge is -2.27. The molecular formula is C41H39N9O6S. The van der Waals surface area contributed by atoms with Crippen molar-refractivity contribution in [3.05, 3.63) is 102 Å². The van der Waals surface area contributed by atoms with Crippen molar-refractivity contribution in [3.8, 4) is 11.3 Å². The van der Waals surface area contributed by atoms with Gasteiger partial charge in [-0.25, -0.2) is 15.0 Å². The van der Waals surface area contributed by atoms with E-state index in [1.54, 1.807) is 60.9 Å². The van der Waals surface area contributed by atoms with Crippen molar-refractivity contribution in [2.75, 3.05) is 23.3 Å². The number of unbranched alkanes of at least 4 members (excludes halogenated alkanes) is 2. The zero-order valence-corrected chi connectivity index (χ0v) is 31.7. The molecule has 0 aliphatic carbocycles. The molecule has 0 bridgehead atoms. The average Bonchev–Trinajstić information content (AvgIpc) is 3.92. The van der Waals surface area contributed by atoms with Gasteiger partial charge in [0, 0.05) is 54.0 Å². The number of imide groups is 2. The molecule has 8 rings (SSSR count). The first-order chi connectivity index (χ1) is 27.7. The number of nitrogens with one attached hydrogen (secondary N) is 2. The van der Waals surface area contributed by atoms with E-state index in [4.69, 9.17) is 10.7 Å². The number of carbonyl (C=O) groups is 6. The normalized spacial score (nSPS) is 18.0. The van der Waals surface area contributed by atoms with Crippen molar-refractivity contribution in [1.82, 2.24) is 34.5 Å². The van der Waals surface area contributed by atoms with Crippen molar-refractivity contribution in [1.29, 1.82) is 0 Å². The van der Waals surface area contributed by atoms with Crippen LogP contribution in [0.4, 0.5) is 11.6 Å². The lowest BCUT2D eigenvalue weighted by Crippen LogP contribution is -2.54. The number of carbonyl (C=O) groups excluding carboxylic acids is 6. The Kier molecular flexibility index (Phi) is 10.5.